The minimum Gasteiger partial charge on any atom is -0.361 e. The van der Waals surface area contributed by atoms with E-state index in [0.29, 0.717) is 24.8 Å². The zero-order chi connectivity index (χ0) is 13.8. The van der Waals surface area contributed by atoms with Crippen LogP contribution in [0.2, 0.25) is 4.34 Å². The zero-order valence-corrected chi connectivity index (χ0v) is 12.5. The van der Waals surface area contributed by atoms with E-state index in [-0.39, 0.29) is 5.56 Å². The van der Waals surface area contributed by atoms with Crippen LogP contribution in [-0.2, 0) is 13.1 Å². The van der Waals surface area contributed by atoms with Crippen LogP contribution in [0, 0.1) is 5.92 Å². The first kappa shape index (κ1) is 14.1. The van der Waals surface area contributed by atoms with Crippen molar-refractivity contribution in [1.29, 1.82) is 0 Å². The number of nitrogens with zero attached hydrogens (tertiary/aromatic N) is 2. The smallest absolute Gasteiger partial charge is 0.293 e. The third-order valence-electron chi connectivity index (χ3n) is 2.53. The molecule has 0 aromatic carbocycles. The van der Waals surface area contributed by atoms with Crippen molar-refractivity contribution in [2.45, 2.75) is 26.9 Å². The molecule has 0 aliphatic rings. The minimum absolute atomic E-state index is 0.0844. The average Bonchev–Trinajstić information content (AvgIpc) is 2.76. The molecular weight excluding hydrogens is 282 g/mol. The van der Waals surface area contributed by atoms with Crippen molar-refractivity contribution in [3.8, 4) is 0 Å². The Bertz CT molecular complexity index is 606. The molecule has 4 nitrogen and oxygen atoms in total. The topological polar surface area (TPSA) is 46.9 Å². The van der Waals surface area contributed by atoms with Crippen LogP contribution < -0.4 is 10.9 Å². The van der Waals surface area contributed by atoms with Crippen LogP contribution in [0.1, 0.15) is 18.7 Å². The predicted octanol–water partition coefficient (Wildman–Crippen LogP) is 3.23. The van der Waals surface area contributed by atoms with Gasteiger partial charge in [0.1, 0.15) is 0 Å². The Morgan fingerprint density at radius 3 is 2.89 bits per heavy atom. The molecule has 0 aliphatic heterocycles. The van der Waals surface area contributed by atoms with E-state index in [1.165, 1.54) is 11.3 Å². The van der Waals surface area contributed by atoms with Gasteiger partial charge in [-0.1, -0.05) is 25.4 Å². The molecule has 102 valence electrons. The normalized spacial score (nSPS) is 10.9. The summed E-state index contributed by atoms with van der Waals surface area (Å²) in [5, 5.41) is 3.06. The van der Waals surface area contributed by atoms with Crippen LogP contribution in [0.3, 0.4) is 0 Å². The highest BCUT2D eigenvalue weighted by Crippen LogP contribution is 2.21. The predicted molar refractivity (Wildman–Crippen MR) is 80.0 cm³/mol. The van der Waals surface area contributed by atoms with Crippen LogP contribution in [0.15, 0.2) is 29.3 Å². The summed E-state index contributed by atoms with van der Waals surface area (Å²) in [6.45, 7) is 5.41. The van der Waals surface area contributed by atoms with Crippen molar-refractivity contribution in [3.63, 3.8) is 0 Å². The van der Waals surface area contributed by atoms with Gasteiger partial charge in [-0.05, 0) is 18.1 Å². The first-order valence-corrected chi connectivity index (χ1v) is 7.29. The summed E-state index contributed by atoms with van der Waals surface area (Å²) in [6.07, 6.45) is 3.36. The molecule has 0 radical (unpaired) electrons. The van der Waals surface area contributed by atoms with Crippen molar-refractivity contribution in [1.82, 2.24) is 9.55 Å². The van der Waals surface area contributed by atoms with E-state index in [4.69, 9.17) is 11.6 Å². The summed E-state index contributed by atoms with van der Waals surface area (Å²) in [5.74, 6) is 0.803. The fourth-order valence-electron chi connectivity index (χ4n) is 1.72. The maximum absolute atomic E-state index is 12.1. The Hall–Kier alpha value is -1.33. The van der Waals surface area contributed by atoms with E-state index in [9.17, 15) is 4.79 Å². The Kier molecular flexibility index (Phi) is 4.61. The van der Waals surface area contributed by atoms with Crippen molar-refractivity contribution in [2.24, 2.45) is 5.92 Å². The van der Waals surface area contributed by atoms with Crippen LogP contribution in [0.4, 0.5) is 5.82 Å². The second kappa shape index (κ2) is 6.21. The molecular formula is C13H16ClN3OS. The molecule has 0 atom stereocenters. The molecule has 0 fully saturated rings. The Labute approximate surface area is 121 Å². The lowest BCUT2D eigenvalue weighted by atomic mass is 10.2. The largest absolute Gasteiger partial charge is 0.361 e. The SMILES string of the molecule is CC(C)Cn1ccnc(NCc2ccc(Cl)s2)c1=O. The third-order valence-corrected chi connectivity index (χ3v) is 3.77. The van der Waals surface area contributed by atoms with Gasteiger partial charge in [0, 0.05) is 23.8 Å². The Morgan fingerprint density at radius 2 is 2.26 bits per heavy atom. The lowest BCUT2D eigenvalue weighted by Gasteiger charge is -2.10. The van der Waals surface area contributed by atoms with Crippen LogP contribution in [0.25, 0.3) is 0 Å². The molecule has 6 heteroatoms. The molecule has 0 aliphatic carbocycles. The highest BCUT2D eigenvalue weighted by molar-refractivity contribution is 7.16. The number of nitrogens with one attached hydrogen (secondary N) is 1. The minimum atomic E-state index is -0.0844. The maximum Gasteiger partial charge on any atom is 0.293 e. The number of halogens is 1. The van der Waals surface area contributed by atoms with Gasteiger partial charge in [-0.25, -0.2) is 4.98 Å². The number of rotatable bonds is 5. The van der Waals surface area contributed by atoms with Crippen LogP contribution >= 0.6 is 22.9 Å². The fourth-order valence-corrected chi connectivity index (χ4v) is 2.75. The van der Waals surface area contributed by atoms with Gasteiger partial charge in [-0.3, -0.25) is 4.79 Å². The molecule has 2 rings (SSSR count). The second-order valence-electron chi connectivity index (χ2n) is 4.69. The second-order valence-corrected chi connectivity index (χ2v) is 6.49. The molecule has 0 spiro atoms. The molecule has 0 saturated heterocycles. The average molecular weight is 298 g/mol. The molecule has 0 bridgehead atoms. The maximum atomic E-state index is 12.1. The molecule has 0 saturated carbocycles. The molecule has 0 amide bonds. The standard InChI is InChI=1S/C13H16ClN3OS/c1-9(2)8-17-6-5-15-12(13(17)18)16-7-10-3-4-11(14)19-10/h3-6,9H,7-8H2,1-2H3,(H,15,16). The Balaban J connectivity index is 2.10. The highest BCUT2D eigenvalue weighted by atomic mass is 35.5. The summed E-state index contributed by atoms with van der Waals surface area (Å²) in [7, 11) is 0. The number of aromatic nitrogens is 2. The van der Waals surface area contributed by atoms with Crippen molar-refractivity contribution < 1.29 is 0 Å². The van der Waals surface area contributed by atoms with Crippen molar-refractivity contribution in [2.75, 3.05) is 5.32 Å². The molecule has 2 aromatic rings. The summed E-state index contributed by atoms with van der Waals surface area (Å²) in [6, 6.07) is 3.79. The third kappa shape index (κ3) is 3.81. The van der Waals surface area contributed by atoms with Gasteiger partial charge >= 0.3 is 0 Å². The molecule has 0 unspecified atom stereocenters. The van der Waals surface area contributed by atoms with Gasteiger partial charge < -0.3 is 9.88 Å². The zero-order valence-electron chi connectivity index (χ0n) is 10.9. The van der Waals surface area contributed by atoms with Crippen LogP contribution in [0.5, 0.6) is 0 Å². The summed E-state index contributed by atoms with van der Waals surface area (Å²) in [5.41, 5.74) is -0.0844. The molecule has 19 heavy (non-hydrogen) atoms. The van der Waals surface area contributed by atoms with E-state index in [0.717, 1.165) is 9.21 Å². The van der Waals surface area contributed by atoms with Crippen molar-refractivity contribution in [3.05, 3.63) is 44.1 Å². The van der Waals surface area contributed by atoms with E-state index in [1.807, 2.05) is 12.1 Å². The van der Waals surface area contributed by atoms with E-state index >= 15 is 0 Å². The van der Waals surface area contributed by atoms with Gasteiger partial charge in [-0.2, -0.15) is 0 Å². The van der Waals surface area contributed by atoms with Gasteiger partial charge in [0.15, 0.2) is 5.82 Å². The first-order chi connectivity index (χ1) is 9.06. The summed E-state index contributed by atoms with van der Waals surface area (Å²) >= 11 is 7.36. The van der Waals surface area contributed by atoms with Gasteiger partial charge in [0.25, 0.3) is 5.56 Å². The van der Waals surface area contributed by atoms with Gasteiger partial charge in [0.05, 0.1) is 10.9 Å². The quantitative estimate of drug-likeness (QED) is 0.922. The first-order valence-electron chi connectivity index (χ1n) is 6.10. The summed E-state index contributed by atoms with van der Waals surface area (Å²) < 4.78 is 2.43. The highest BCUT2D eigenvalue weighted by Gasteiger charge is 2.06. The molecule has 2 aromatic heterocycles. The van der Waals surface area contributed by atoms with Gasteiger partial charge in [0.2, 0.25) is 0 Å². The van der Waals surface area contributed by atoms with E-state index in [2.05, 4.69) is 24.1 Å². The fraction of sp³-hybridized carbons (Fsp3) is 0.385. The lowest BCUT2D eigenvalue weighted by Crippen LogP contribution is -2.25. The van der Waals surface area contributed by atoms with E-state index < -0.39 is 0 Å². The van der Waals surface area contributed by atoms with E-state index in [1.54, 1.807) is 17.0 Å². The molecule has 1 N–H and O–H groups in total. The lowest BCUT2D eigenvalue weighted by molar-refractivity contribution is 0.509. The van der Waals surface area contributed by atoms with Crippen molar-refractivity contribution >= 4 is 28.8 Å². The van der Waals surface area contributed by atoms with Gasteiger partial charge in [-0.15, -0.1) is 11.3 Å². The summed E-state index contributed by atoms with van der Waals surface area (Å²) in [4.78, 5) is 17.3. The Morgan fingerprint density at radius 1 is 1.47 bits per heavy atom. The van der Waals surface area contributed by atoms with Crippen LogP contribution in [-0.4, -0.2) is 9.55 Å². The molecule has 2 heterocycles. The number of anilines is 1. The number of hydrogen-bond donors (Lipinski definition) is 1. The monoisotopic (exact) mass is 297 g/mol. The number of thiophene rings is 1. The number of hydrogen-bond acceptors (Lipinski definition) is 4.